The topological polar surface area (TPSA) is 86.3 Å². The van der Waals surface area contributed by atoms with Gasteiger partial charge in [0.15, 0.2) is 0 Å². The molecule has 192 valence electrons. The Hall–Kier alpha value is -3.37. The van der Waals surface area contributed by atoms with Crippen LogP contribution in [0.1, 0.15) is 21.5 Å². The molecule has 0 unspecified atom stereocenters. The van der Waals surface area contributed by atoms with Crippen LogP contribution in [0.4, 0.5) is 17.3 Å². The first-order chi connectivity index (χ1) is 18.0. The molecule has 8 nitrogen and oxygen atoms in total. The zero-order chi connectivity index (χ0) is 25.6. The average molecular weight is 520 g/mol. The molecule has 5 rings (SSSR count). The molecule has 1 fully saturated rings. The van der Waals surface area contributed by atoms with Crippen molar-refractivity contribution in [1.29, 1.82) is 0 Å². The van der Waals surface area contributed by atoms with E-state index < -0.39 is 0 Å². The molecule has 3 heterocycles. The first-order valence-electron chi connectivity index (χ1n) is 12.5. The van der Waals surface area contributed by atoms with Gasteiger partial charge in [0.2, 0.25) is 5.95 Å². The Morgan fingerprint density at radius 3 is 2.50 bits per heavy atom. The zero-order valence-corrected chi connectivity index (χ0v) is 21.2. The fourth-order valence-corrected chi connectivity index (χ4v) is 4.28. The number of carbonyl (C=O) groups excluding carboxylic acids is 1. The van der Waals surface area contributed by atoms with Crippen LogP contribution < -0.4 is 10.6 Å². The predicted octanol–water partition coefficient (Wildman–Crippen LogP) is 3.67. The summed E-state index contributed by atoms with van der Waals surface area (Å²) in [6.45, 7) is 7.24. The number of nitrogens with one attached hydrogen (secondary N) is 2. The van der Waals surface area contributed by atoms with Crippen LogP contribution in [0.5, 0.6) is 0 Å². The van der Waals surface area contributed by atoms with Crippen LogP contribution in [-0.4, -0.2) is 86.9 Å². The van der Waals surface area contributed by atoms with Gasteiger partial charge in [-0.1, -0.05) is 18.2 Å². The molecule has 1 saturated heterocycles. The molecule has 0 saturated carbocycles. The SMILES string of the molecule is Cc1ccc(NC(=O)c2ccc(CN3CCN(C)CC3)cc2)cc1Nc1nccc(-c2cccnc2)n1.[MgH2]. The number of hydrogen-bond donors (Lipinski definition) is 2. The summed E-state index contributed by atoms with van der Waals surface area (Å²) in [6.07, 6.45) is 5.22. The van der Waals surface area contributed by atoms with E-state index in [4.69, 9.17) is 0 Å². The minimum atomic E-state index is -0.143. The van der Waals surface area contributed by atoms with Crippen molar-refractivity contribution < 1.29 is 4.79 Å². The monoisotopic (exact) mass is 519 g/mol. The van der Waals surface area contributed by atoms with E-state index in [0.717, 1.165) is 55.2 Å². The maximum absolute atomic E-state index is 12.9. The summed E-state index contributed by atoms with van der Waals surface area (Å²) in [4.78, 5) is 30.9. The molecule has 0 bridgehead atoms. The number of hydrogen-bond acceptors (Lipinski definition) is 7. The van der Waals surface area contributed by atoms with Gasteiger partial charge in [-0.2, -0.15) is 0 Å². The van der Waals surface area contributed by atoms with Crippen LogP contribution >= 0.6 is 0 Å². The van der Waals surface area contributed by atoms with Crippen LogP contribution in [0.3, 0.4) is 0 Å². The summed E-state index contributed by atoms with van der Waals surface area (Å²) in [5, 5.41) is 6.29. The molecule has 2 aromatic heterocycles. The predicted molar refractivity (Wildman–Crippen MR) is 155 cm³/mol. The number of piperazine rings is 1. The zero-order valence-electron chi connectivity index (χ0n) is 21.2. The van der Waals surface area contributed by atoms with E-state index in [2.05, 4.69) is 42.4 Å². The molecule has 0 spiro atoms. The Balaban J connectivity index is 0.00000336. The molecule has 2 aromatic carbocycles. The Bertz CT molecular complexity index is 1360. The van der Waals surface area contributed by atoms with Gasteiger partial charge in [-0.25, -0.2) is 9.97 Å². The summed E-state index contributed by atoms with van der Waals surface area (Å²) in [5.74, 6) is 0.333. The normalized spacial score (nSPS) is 13.9. The lowest BCUT2D eigenvalue weighted by Crippen LogP contribution is -2.43. The highest BCUT2D eigenvalue weighted by molar-refractivity contribution is 6.04. The number of rotatable bonds is 7. The minimum Gasteiger partial charge on any atom is -0.324 e. The molecule has 9 heteroatoms. The lowest BCUT2D eigenvalue weighted by Gasteiger charge is -2.32. The third kappa shape index (κ3) is 7.14. The highest BCUT2D eigenvalue weighted by Crippen LogP contribution is 2.24. The first kappa shape index (κ1) is 27.7. The number of likely N-dealkylation sites (N-methyl/N-ethyl adjacent to an activating group) is 1. The fraction of sp³-hybridized carbons (Fsp3) is 0.241. The van der Waals surface area contributed by atoms with Crippen molar-refractivity contribution in [2.45, 2.75) is 13.5 Å². The van der Waals surface area contributed by atoms with Crippen LogP contribution in [0.15, 0.2) is 79.3 Å². The molecule has 1 aliphatic heterocycles. The summed E-state index contributed by atoms with van der Waals surface area (Å²) in [5.41, 5.74) is 6.08. The molecule has 1 amide bonds. The molecular weight excluding hydrogens is 487 g/mol. The molecule has 38 heavy (non-hydrogen) atoms. The van der Waals surface area contributed by atoms with E-state index in [1.165, 1.54) is 5.56 Å². The lowest BCUT2D eigenvalue weighted by atomic mass is 10.1. The van der Waals surface area contributed by atoms with Crippen molar-refractivity contribution in [2.75, 3.05) is 43.9 Å². The van der Waals surface area contributed by atoms with Crippen molar-refractivity contribution in [3.8, 4) is 11.3 Å². The van der Waals surface area contributed by atoms with Gasteiger partial charge in [-0.3, -0.25) is 14.7 Å². The highest BCUT2D eigenvalue weighted by Gasteiger charge is 2.14. The molecule has 0 radical (unpaired) electrons. The van der Waals surface area contributed by atoms with E-state index in [9.17, 15) is 4.79 Å². The smallest absolute Gasteiger partial charge is 0.316 e. The van der Waals surface area contributed by atoms with Crippen molar-refractivity contribution in [1.82, 2.24) is 24.8 Å². The van der Waals surface area contributed by atoms with Gasteiger partial charge in [0.05, 0.1) is 5.69 Å². The Morgan fingerprint density at radius 2 is 1.76 bits per heavy atom. The Morgan fingerprint density at radius 1 is 0.974 bits per heavy atom. The van der Waals surface area contributed by atoms with Crippen LogP contribution in [0.25, 0.3) is 11.3 Å². The van der Waals surface area contributed by atoms with Gasteiger partial charge in [0, 0.05) is 73.8 Å². The van der Waals surface area contributed by atoms with E-state index in [1.807, 2.05) is 67.6 Å². The molecule has 2 N–H and O–H groups in total. The van der Waals surface area contributed by atoms with Crippen molar-refractivity contribution >= 4 is 46.3 Å². The van der Waals surface area contributed by atoms with E-state index >= 15 is 0 Å². The second-order valence-electron chi connectivity index (χ2n) is 9.39. The Kier molecular flexibility index (Phi) is 9.41. The van der Waals surface area contributed by atoms with Gasteiger partial charge in [-0.05, 0) is 67.6 Å². The molecule has 4 aromatic rings. The maximum atomic E-state index is 12.9. The second-order valence-corrected chi connectivity index (χ2v) is 9.39. The van der Waals surface area contributed by atoms with Crippen LogP contribution in [0, 0.1) is 6.92 Å². The summed E-state index contributed by atoms with van der Waals surface area (Å²) in [6, 6.07) is 19.3. The molecule has 0 aliphatic carbocycles. The highest BCUT2D eigenvalue weighted by atomic mass is 24.3. The standard InChI is InChI=1S/C29H31N7O.Mg.2H/c1-21-5-10-25(18-27(21)34-29-31-13-11-26(33-29)24-4-3-12-30-19-24)32-28(37)23-8-6-22(7-9-23)20-36-16-14-35(2)15-17-36;;;/h3-13,18-19H,14-17,20H2,1-2H3,(H,32,37)(H,31,33,34);;;. The minimum absolute atomic E-state index is 0. The molecule has 0 atom stereocenters. The summed E-state index contributed by atoms with van der Waals surface area (Å²) >= 11 is 0. The fourth-order valence-electron chi connectivity index (χ4n) is 4.28. The number of aryl methyl sites for hydroxylation is 1. The number of amides is 1. The third-order valence-electron chi connectivity index (χ3n) is 6.57. The quantitative estimate of drug-likeness (QED) is 0.360. The number of carbonyl (C=O) groups is 1. The number of nitrogens with zero attached hydrogens (tertiary/aromatic N) is 5. The molecule has 1 aliphatic rings. The van der Waals surface area contributed by atoms with Gasteiger partial charge >= 0.3 is 23.1 Å². The first-order valence-corrected chi connectivity index (χ1v) is 12.5. The van der Waals surface area contributed by atoms with Gasteiger partial charge in [0.1, 0.15) is 0 Å². The summed E-state index contributed by atoms with van der Waals surface area (Å²) < 4.78 is 0. The average Bonchev–Trinajstić information content (AvgIpc) is 2.93. The van der Waals surface area contributed by atoms with Crippen LogP contribution in [-0.2, 0) is 6.54 Å². The number of aromatic nitrogens is 3. The van der Waals surface area contributed by atoms with Crippen molar-refractivity contribution in [3.63, 3.8) is 0 Å². The van der Waals surface area contributed by atoms with Crippen molar-refractivity contribution in [2.24, 2.45) is 0 Å². The van der Waals surface area contributed by atoms with Crippen LogP contribution in [0.2, 0.25) is 0 Å². The largest absolute Gasteiger partial charge is 0.324 e. The number of benzene rings is 2. The lowest BCUT2D eigenvalue weighted by molar-refractivity contribution is 0.102. The second kappa shape index (κ2) is 12.9. The number of anilines is 3. The van der Waals surface area contributed by atoms with Crippen molar-refractivity contribution in [3.05, 3.63) is 95.9 Å². The van der Waals surface area contributed by atoms with E-state index in [0.29, 0.717) is 17.2 Å². The van der Waals surface area contributed by atoms with Gasteiger partial charge < -0.3 is 15.5 Å². The van der Waals surface area contributed by atoms with E-state index in [-0.39, 0.29) is 29.0 Å². The van der Waals surface area contributed by atoms with Gasteiger partial charge in [0.25, 0.3) is 5.91 Å². The number of pyridine rings is 1. The maximum Gasteiger partial charge on any atom is 0.316 e. The Labute approximate surface area is 239 Å². The van der Waals surface area contributed by atoms with Gasteiger partial charge in [-0.15, -0.1) is 0 Å². The van der Waals surface area contributed by atoms with E-state index in [1.54, 1.807) is 18.6 Å². The third-order valence-corrected chi connectivity index (χ3v) is 6.57. The molecular formula is C29H33MgN7O. The summed E-state index contributed by atoms with van der Waals surface area (Å²) in [7, 11) is 2.16.